The molecule has 0 radical (unpaired) electrons. The second-order valence-corrected chi connectivity index (χ2v) is 3.88. The monoisotopic (exact) mass is 197 g/mol. The van der Waals surface area contributed by atoms with Crippen molar-refractivity contribution in [3.8, 4) is 5.75 Å². The van der Waals surface area contributed by atoms with Gasteiger partial charge in [0.15, 0.2) is 0 Å². The molecule has 13 heavy (non-hydrogen) atoms. The summed E-state index contributed by atoms with van der Waals surface area (Å²) in [4.78, 5) is 0. The van der Waals surface area contributed by atoms with Crippen LogP contribution in [-0.2, 0) is 5.54 Å². The lowest BCUT2D eigenvalue weighted by molar-refractivity contribution is 0.404. The first-order valence-corrected chi connectivity index (χ1v) is 4.67. The Balaban J connectivity index is 2.52. The smallest absolute Gasteiger partial charge is 0.125 e. The molecule has 0 unspecified atom stereocenters. The fourth-order valence-corrected chi connectivity index (χ4v) is 1.90. The summed E-state index contributed by atoms with van der Waals surface area (Å²) in [5.41, 5.74) is 6.81. The van der Waals surface area contributed by atoms with Crippen molar-refractivity contribution < 1.29 is 4.74 Å². The van der Waals surface area contributed by atoms with Gasteiger partial charge in [0.05, 0.1) is 7.11 Å². The van der Waals surface area contributed by atoms with Crippen LogP contribution >= 0.6 is 11.6 Å². The summed E-state index contributed by atoms with van der Waals surface area (Å²) >= 11 is 6.07. The highest BCUT2D eigenvalue weighted by Crippen LogP contribution is 2.49. The van der Waals surface area contributed by atoms with Crippen molar-refractivity contribution in [3.63, 3.8) is 0 Å². The van der Waals surface area contributed by atoms with Crippen molar-refractivity contribution in [1.29, 1.82) is 0 Å². The Labute approximate surface area is 82.6 Å². The minimum atomic E-state index is -0.232. The summed E-state index contributed by atoms with van der Waals surface area (Å²) < 4.78 is 5.23. The van der Waals surface area contributed by atoms with E-state index in [2.05, 4.69) is 0 Å². The average Bonchev–Trinajstić information content (AvgIpc) is 2.84. The number of hydrogen-bond acceptors (Lipinski definition) is 2. The van der Waals surface area contributed by atoms with Gasteiger partial charge in [-0.15, -0.1) is 0 Å². The number of methoxy groups -OCH3 is 1. The van der Waals surface area contributed by atoms with E-state index < -0.39 is 0 Å². The Bertz CT molecular complexity index is 334. The molecule has 0 spiro atoms. The number of nitrogens with two attached hydrogens (primary N) is 1. The molecule has 1 aromatic rings. The summed E-state index contributed by atoms with van der Waals surface area (Å²) in [6.45, 7) is 0. The van der Waals surface area contributed by atoms with Crippen LogP contribution in [0.25, 0.3) is 0 Å². The summed E-state index contributed by atoms with van der Waals surface area (Å²) in [6.07, 6.45) is 1.99. The van der Waals surface area contributed by atoms with E-state index >= 15 is 0 Å². The molecule has 0 heterocycles. The van der Waals surface area contributed by atoms with Crippen LogP contribution in [0, 0.1) is 0 Å². The van der Waals surface area contributed by atoms with Crippen molar-refractivity contribution in [1.82, 2.24) is 0 Å². The SMILES string of the molecule is COc1cccc(Cl)c1C1(N)CC1. The van der Waals surface area contributed by atoms with Crippen molar-refractivity contribution in [2.45, 2.75) is 18.4 Å². The van der Waals surface area contributed by atoms with Gasteiger partial charge in [-0.05, 0) is 25.0 Å². The number of hydrogen-bond donors (Lipinski definition) is 1. The summed E-state index contributed by atoms with van der Waals surface area (Å²) in [5.74, 6) is 0.799. The van der Waals surface area contributed by atoms with E-state index in [0.717, 1.165) is 24.2 Å². The van der Waals surface area contributed by atoms with E-state index in [1.165, 1.54) is 0 Å². The standard InChI is InChI=1S/C10H12ClNO/c1-13-8-4-2-3-7(11)9(8)10(12)5-6-10/h2-4H,5-6,12H2,1H3. The maximum Gasteiger partial charge on any atom is 0.125 e. The molecule has 3 heteroatoms. The molecular weight excluding hydrogens is 186 g/mol. The molecule has 2 N–H and O–H groups in total. The van der Waals surface area contributed by atoms with Gasteiger partial charge in [-0.3, -0.25) is 0 Å². The van der Waals surface area contributed by atoms with Crippen LogP contribution in [0.15, 0.2) is 18.2 Å². The fraction of sp³-hybridized carbons (Fsp3) is 0.400. The molecule has 1 fully saturated rings. The predicted octanol–water partition coefficient (Wildman–Crippen LogP) is 2.30. The van der Waals surface area contributed by atoms with Gasteiger partial charge in [-0.25, -0.2) is 0 Å². The number of halogens is 1. The lowest BCUT2D eigenvalue weighted by atomic mass is 10.0. The Hall–Kier alpha value is -0.730. The highest BCUT2D eigenvalue weighted by atomic mass is 35.5. The molecule has 1 saturated carbocycles. The quantitative estimate of drug-likeness (QED) is 0.790. The Morgan fingerprint density at radius 1 is 1.46 bits per heavy atom. The number of benzene rings is 1. The minimum Gasteiger partial charge on any atom is -0.496 e. The molecule has 0 atom stereocenters. The van der Waals surface area contributed by atoms with Gasteiger partial charge in [-0.1, -0.05) is 17.7 Å². The number of ether oxygens (including phenoxy) is 1. The molecular formula is C10H12ClNO. The van der Waals surface area contributed by atoms with Crippen molar-refractivity contribution in [2.24, 2.45) is 5.73 Å². The maximum atomic E-state index is 6.08. The Morgan fingerprint density at radius 2 is 2.15 bits per heavy atom. The first kappa shape index (κ1) is 8.85. The van der Waals surface area contributed by atoms with Crippen LogP contribution in [0.2, 0.25) is 5.02 Å². The lowest BCUT2D eigenvalue weighted by Crippen LogP contribution is -2.20. The van der Waals surface area contributed by atoms with Gasteiger partial charge in [0.2, 0.25) is 0 Å². The van der Waals surface area contributed by atoms with E-state index in [0.29, 0.717) is 5.02 Å². The molecule has 1 aliphatic carbocycles. The van der Waals surface area contributed by atoms with Crippen LogP contribution in [0.5, 0.6) is 5.75 Å². The molecule has 70 valence electrons. The second kappa shape index (κ2) is 2.89. The normalized spacial score (nSPS) is 18.4. The second-order valence-electron chi connectivity index (χ2n) is 3.47. The topological polar surface area (TPSA) is 35.2 Å². The van der Waals surface area contributed by atoms with Gasteiger partial charge >= 0.3 is 0 Å². The molecule has 2 nitrogen and oxygen atoms in total. The third-order valence-electron chi connectivity index (χ3n) is 2.48. The van der Waals surface area contributed by atoms with Crippen LogP contribution < -0.4 is 10.5 Å². The van der Waals surface area contributed by atoms with E-state index in [9.17, 15) is 0 Å². The highest BCUT2D eigenvalue weighted by molar-refractivity contribution is 6.31. The minimum absolute atomic E-state index is 0.232. The molecule has 0 aromatic heterocycles. The first-order valence-electron chi connectivity index (χ1n) is 4.29. The zero-order valence-electron chi connectivity index (χ0n) is 7.51. The molecule has 0 bridgehead atoms. The summed E-state index contributed by atoms with van der Waals surface area (Å²) in [5, 5.41) is 0.708. The molecule has 1 aromatic carbocycles. The van der Waals surface area contributed by atoms with Gasteiger partial charge in [0, 0.05) is 16.1 Å². The summed E-state index contributed by atoms with van der Waals surface area (Å²) in [6, 6.07) is 5.62. The zero-order valence-corrected chi connectivity index (χ0v) is 8.27. The van der Waals surface area contributed by atoms with Crippen molar-refractivity contribution >= 4 is 11.6 Å². The molecule has 1 aliphatic rings. The van der Waals surface area contributed by atoms with E-state index in [4.69, 9.17) is 22.1 Å². The van der Waals surface area contributed by atoms with E-state index in [1.807, 2.05) is 18.2 Å². The predicted molar refractivity (Wildman–Crippen MR) is 53.1 cm³/mol. The van der Waals surface area contributed by atoms with Crippen LogP contribution in [0.1, 0.15) is 18.4 Å². The van der Waals surface area contributed by atoms with Crippen molar-refractivity contribution in [2.75, 3.05) is 7.11 Å². The van der Waals surface area contributed by atoms with E-state index in [-0.39, 0.29) is 5.54 Å². The van der Waals surface area contributed by atoms with Crippen LogP contribution in [0.3, 0.4) is 0 Å². The van der Waals surface area contributed by atoms with Crippen LogP contribution in [-0.4, -0.2) is 7.11 Å². The van der Waals surface area contributed by atoms with Gasteiger partial charge in [-0.2, -0.15) is 0 Å². The third-order valence-corrected chi connectivity index (χ3v) is 2.80. The lowest BCUT2D eigenvalue weighted by Gasteiger charge is -2.15. The van der Waals surface area contributed by atoms with Gasteiger partial charge in [0.1, 0.15) is 5.75 Å². The molecule has 0 aliphatic heterocycles. The van der Waals surface area contributed by atoms with Crippen LogP contribution in [0.4, 0.5) is 0 Å². The first-order chi connectivity index (χ1) is 6.17. The molecule has 0 saturated heterocycles. The fourth-order valence-electron chi connectivity index (χ4n) is 1.54. The van der Waals surface area contributed by atoms with E-state index in [1.54, 1.807) is 7.11 Å². The molecule has 2 rings (SSSR count). The Morgan fingerprint density at radius 3 is 2.69 bits per heavy atom. The van der Waals surface area contributed by atoms with Gasteiger partial charge in [0.25, 0.3) is 0 Å². The average molecular weight is 198 g/mol. The van der Waals surface area contributed by atoms with Crippen molar-refractivity contribution in [3.05, 3.63) is 28.8 Å². The maximum absolute atomic E-state index is 6.08. The zero-order chi connectivity index (χ0) is 9.47. The third kappa shape index (κ3) is 1.40. The largest absolute Gasteiger partial charge is 0.496 e. The Kier molecular flexibility index (Phi) is 1.97. The summed E-state index contributed by atoms with van der Waals surface area (Å²) in [7, 11) is 1.64. The van der Waals surface area contributed by atoms with Gasteiger partial charge < -0.3 is 10.5 Å². The highest BCUT2D eigenvalue weighted by Gasteiger charge is 2.43. The number of rotatable bonds is 2. The molecule has 0 amide bonds.